The normalized spacial score (nSPS) is 10.8. The molecule has 2 heterocycles. The van der Waals surface area contributed by atoms with Crippen LogP contribution in [0.2, 0.25) is 0 Å². The third-order valence-electron chi connectivity index (χ3n) is 5.57. The van der Waals surface area contributed by atoms with Gasteiger partial charge >= 0.3 is 0 Å². The van der Waals surface area contributed by atoms with Gasteiger partial charge in [0, 0.05) is 18.0 Å². The van der Waals surface area contributed by atoms with Crippen molar-refractivity contribution in [2.24, 2.45) is 0 Å². The Kier molecular flexibility index (Phi) is 5.60. The second-order valence-electron chi connectivity index (χ2n) is 7.80. The Morgan fingerprint density at radius 1 is 0.848 bits per heavy atom. The molecule has 0 unspecified atom stereocenters. The highest BCUT2D eigenvalue weighted by Gasteiger charge is 2.11. The number of ether oxygens (including phenoxy) is 1. The summed E-state index contributed by atoms with van der Waals surface area (Å²) in [5.41, 5.74) is 6.53. The summed E-state index contributed by atoms with van der Waals surface area (Å²) in [6.45, 7) is 0. The van der Waals surface area contributed by atoms with Crippen molar-refractivity contribution in [1.82, 2.24) is 9.38 Å². The summed E-state index contributed by atoms with van der Waals surface area (Å²) in [5, 5.41) is 3.00. The molecule has 0 fully saturated rings. The number of aromatic nitrogens is 2. The molecular formula is C28H23N3O2. The summed E-state index contributed by atoms with van der Waals surface area (Å²) in [4.78, 5) is 17.4. The number of pyridine rings is 1. The Balaban J connectivity index is 1.36. The summed E-state index contributed by atoms with van der Waals surface area (Å²) in [6, 6.07) is 29.9. The first-order chi connectivity index (χ1) is 16.2. The quantitative estimate of drug-likeness (QED) is 0.365. The number of carbonyl (C=O) groups excluding carboxylic acids is 1. The molecule has 0 atom stereocenters. The molecule has 5 aromatic rings. The number of hydrogen-bond donors (Lipinski definition) is 1. The van der Waals surface area contributed by atoms with Crippen LogP contribution in [0.4, 0.5) is 5.69 Å². The number of imidazole rings is 1. The molecule has 2 aromatic heterocycles. The van der Waals surface area contributed by atoms with Crippen molar-refractivity contribution in [2.45, 2.75) is 6.42 Å². The Morgan fingerprint density at radius 2 is 1.55 bits per heavy atom. The summed E-state index contributed by atoms with van der Waals surface area (Å²) in [6.07, 6.45) is 4.19. The number of fused-ring (bicyclic) bond motifs is 1. The van der Waals surface area contributed by atoms with Crippen LogP contribution in [0.3, 0.4) is 0 Å². The molecule has 1 amide bonds. The highest BCUT2D eigenvalue weighted by Crippen LogP contribution is 2.26. The highest BCUT2D eigenvalue weighted by molar-refractivity contribution is 5.95. The number of benzene rings is 3. The Bertz CT molecular complexity index is 1390. The van der Waals surface area contributed by atoms with Crippen molar-refractivity contribution in [3.05, 3.63) is 109 Å². The van der Waals surface area contributed by atoms with Gasteiger partial charge in [0.1, 0.15) is 5.75 Å². The molecule has 5 nitrogen and oxygen atoms in total. The van der Waals surface area contributed by atoms with E-state index in [1.165, 1.54) is 5.56 Å². The number of carbonyl (C=O) groups is 1. The van der Waals surface area contributed by atoms with Gasteiger partial charge in [0.15, 0.2) is 5.65 Å². The first-order valence-corrected chi connectivity index (χ1v) is 10.8. The predicted octanol–water partition coefficient (Wildman–Crippen LogP) is 5.86. The van der Waals surface area contributed by atoms with Crippen molar-refractivity contribution >= 4 is 17.2 Å². The van der Waals surface area contributed by atoms with Crippen LogP contribution in [0.15, 0.2) is 103 Å². The molecule has 3 aromatic carbocycles. The minimum Gasteiger partial charge on any atom is -0.497 e. The maximum Gasteiger partial charge on any atom is 0.228 e. The van der Waals surface area contributed by atoms with E-state index in [4.69, 9.17) is 9.72 Å². The molecule has 33 heavy (non-hydrogen) atoms. The van der Waals surface area contributed by atoms with Crippen LogP contribution >= 0.6 is 0 Å². The van der Waals surface area contributed by atoms with Gasteiger partial charge < -0.3 is 14.5 Å². The Morgan fingerprint density at radius 3 is 2.27 bits per heavy atom. The third-order valence-corrected chi connectivity index (χ3v) is 5.57. The number of nitrogens with one attached hydrogen (secondary N) is 1. The van der Waals surface area contributed by atoms with E-state index < -0.39 is 0 Å². The van der Waals surface area contributed by atoms with Crippen molar-refractivity contribution < 1.29 is 9.53 Å². The van der Waals surface area contributed by atoms with Crippen molar-refractivity contribution in [2.75, 3.05) is 12.4 Å². The van der Waals surface area contributed by atoms with Crippen LogP contribution in [0.5, 0.6) is 5.75 Å². The van der Waals surface area contributed by atoms with Gasteiger partial charge in [-0.25, -0.2) is 4.98 Å². The van der Waals surface area contributed by atoms with E-state index in [2.05, 4.69) is 41.7 Å². The van der Waals surface area contributed by atoms with Crippen molar-refractivity contribution in [3.8, 4) is 28.1 Å². The number of amides is 1. The first kappa shape index (κ1) is 20.5. The molecule has 1 N–H and O–H groups in total. The van der Waals surface area contributed by atoms with Gasteiger partial charge in [-0.1, -0.05) is 66.7 Å². The molecule has 0 saturated carbocycles. The Labute approximate surface area is 192 Å². The molecule has 0 bridgehead atoms. The summed E-state index contributed by atoms with van der Waals surface area (Å²) in [5.74, 6) is 0.677. The summed E-state index contributed by atoms with van der Waals surface area (Å²) in [7, 11) is 1.62. The van der Waals surface area contributed by atoms with E-state index in [0.717, 1.165) is 28.1 Å². The fourth-order valence-electron chi connectivity index (χ4n) is 3.84. The van der Waals surface area contributed by atoms with Gasteiger partial charge in [-0.15, -0.1) is 0 Å². The number of nitrogens with zero attached hydrogens (tertiary/aromatic N) is 2. The van der Waals surface area contributed by atoms with Gasteiger partial charge in [0.05, 0.1) is 24.9 Å². The number of hydrogen-bond acceptors (Lipinski definition) is 3. The molecule has 5 rings (SSSR count). The lowest BCUT2D eigenvalue weighted by Crippen LogP contribution is -2.15. The lowest BCUT2D eigenvalue weighted by Gasteiger charge is -2.07. The van der Waals surface area contributed by atoms with Gasteiger partial charge in [-0.2, -0.15) is 0 Å². The SMILES string of the molecule is COc1ccc(CC(=O)Nc2cccn3cc(-c4ccc(-c5ccccc5)cc4)nc23)cc1. The van der Waals surface area contributed by atoms with Crippen molar-refractivity contribution in [3.63, 3.8) is 0 Å². The largest absolute Gasteiger partial charge is 0.497 e. The lowest BCUT2D eigenvalue weighted by atomic mass is 10.0. The van der Waals surface area contributed by atoms with Crippen LogP contribution in [0.1, 0.15) is 5.56 Å². The molecule has 0 saturated heterocycles. The maximum absolute atomic E-state index is 12.6. The van der Waals surface area contributed by atoms with E-state index in [9.17, 15) is 4.79 Å². The van der Waals surface area contributed by atoms with Gasteiger partial charge in [0.25, 0.3) is 0 Å². The molecule has 0 spiro atoms. The van der Waals surface area contributed by atoms with Crippen LogP contribution < -0.4 is 10.1 Å². The van der Waals surface area contributed by atoms with E-state index in [1.807, 2.05) is 71.4 Å². The lowest BCUT2D eigenvalue weighted by molar-refractivity contribution is -0.115. The molecule has 162 valence electrons. The fraction of sp³-hybridized carbons (Fsp3) is 0.0714. The van der Waals surface area contributed by atoms with Gasteiger partial charge in [0.2, 0.25) is 5.91 Å². The molecular weight excluding hydrogens is 410 g/mol. The fourth-order valence-corrected chi connectivity index (χ4v) is 3.84. The monoisotopic (exact) mass is 433 g/mol. The molecule has 5 heteroatoms. The van der Waals surface area contributed by atoms with E-state index in [1.54, 1.807) is 7.11 Å². The van der Waals surface area contributed by atoms with E-state index >= 15 is 0 Å². The van der Waals surface area contributed by atoms with Crippen LogP contribution in [-0.4, -0.2) is 22.4 Å². The zero-order valence-electron chi connectivity index (χ0n) is 18.2. The zero-order valence-corrected chi connectivity index (χ0v) is 18.2. The van der Waals surface area contributed by atoms with Gasteiger partial charge in [-0.05, 0) is 41.0 Å². The smallest absolute Gasteiger partial charge is 0.228 e. The second kappa shape index (κ2) is 9.01. The minimum atomic E-state index is -0.0926. The van der Waals surface area contributed by atoms with Crippen LogP contribution in [0, 0.1) is 0 Å². The number of anilines is 1. The topological polar surface area (TPSA) is 55.6 Å². The summed E-state index contributed by atoms with van der Waals surface area (Å²) < 4.78 is 7.11. The second-order valence-corrected chi connectivity index (χ2v) is 7.80. The third kappa shape index (κ3) is 4.48. The standard InChI is InChI=1S/C28H23N3O2/c1-33-24-15-9-20(10-16-24)18-27(32)29-25-8-5-17-31-19-26(30-28(25)31)23-13-11-22(12-14-23)21-6-3-2-4-7-21/h2-17,19H,18H2,1H3,(H,29,32). The van der Waals surface area contributed by atoms with Crippen LogP contribution in [-0.2, 0) is 11.2 Å². The van der Waals surface area contributed by atoms with Gasteiger partial charge in [-0.3, -0.25) is 4.79 Å². The van der Waals surface area contributed by atoms with E-state index in [-0.39, 0.29) is 12.3 Å². The van der Waals surface area contributed by atoms with E-state index in [0.29, 0.717) is 11.3 Å². The first-order valence-electron chi connectivity index (χ1n) is 10.8. The number of rotatable bonds is 6. The summed E-state index contributed by atoms with van der Waals surface area (Å²) >= 11 is 0. The maximum atomic E-state index is 12.6. The minimum absolute atomic E-state index is 0.0926. The average Bonchev–Trinajstić information content (AvgIpc) is 3.31. The van der Waals surface area contributed by atoms with Crippen LogP contribution in [0.25, 0.3) is 28.0 Å². The molecule has 0 aliphatic rings. The highest BCUT2D eigenvalue weighted by atomic mass is 16.5. The zero-order chi connectivity index (χ0) is 22.6. The molecule has 0 radical (unpaired) electrons. The molecule has 0 aliphatic carbocycles. The molecule has 0 aliphatic heterocycles. The van der Waals surface area contributed by atoms with Crippen molar-refractivity contribution in [1.29, 1.82) is 0 Å². The predicted molar refractivity (Wildman–Crippen MR) is 131 cm³/mol. The number of methoxy groups -OCH3 is 1. The Hall–Kier alpha value is -4.38. The average molecular weight is 434 g/mol.